The van der Waals surface area contributed by atoms with Crippen LogP contribution in [0.1, 0.15) is 50.6 Å². The SMILES string of the molecule is O=C(Nc1ccc(C2CCN(C(=O)c3ccccc3C(F)(F)F)CC2)cc1)c1cnc(-c2ccccn2)nc1. The zero-order valence-electron chi connectivity index (χ0n) is 20.7. The number of carbonyl (C=O) groups excluding carboxylic acids is 2. The van der Waals surface area contributed by atoms with E-state index in [9.17, 15) is 22.8 Å². The molecule has 0 saturated carbocycles. The summed E-state index contributed by atoms with van der Waals surface area (Å²) in [4.78, 5) is 39.6. The molecule has 0 unspecified atom stereocenters. The molecule has 0 radical (unpaired) electrons. The molecular formula is C29H24F3N5O2. The van der Waals surface area contributed by atoms with Crippen molar-refractivity contribution in [3.63, 3.8) is 0 Å². The molecular weight excluding hydrogens is 507 g/mol. The highest BCUT2D eigenvalue weighted by molar-refractivity contribution is 6.03. The Bertz CT molecular complexity index is 1450. The summed E-state index contributed by atoms with van der Waals surface area (Å²) in [5.74, 6) is -0.365. The van der Waals surface area contributed by atoms with Crippen LogP contribution in [-0.2, 0) is 6.18 Å². The van der Waals surface area contributed by atoms with Gasteiger partial charge in [0.1, 0.15) is 5.69 Å². The van der Waals surface area contributed by atoms with Gasteiger partial charge in [-0.1, -0.05) is 30.3 Å². The number of piperidine rings is 1. The number of rotatable bonds is 5. The standard InChI is InChI=1S/C29H24F3N5O2/c30-29(31,32)24-6-2-1-5-23(24)28(39)37-15-12-20(13-16-37)19-8-10-22(11-9-19)36-27(38)21-17-34-26(35-18-21)25-7-3-4-14-33-25/h1-11,14,17-18,20H,12-13,15-16H2,(H,36,38). The number of hydrogen-bond acceptors (Lipinski definition) is 5. The van der Waals surface area contributed by atoms with Crippen molar-refractivity contribution in [2.75, 3.05) is 18.4 Å². The number of hydrogen-bond donors (Lipinski definition) is 1. The van der Waals surface area contributed by atoms with Crippen molar-refractivity contribution in [1.29, 1.82) is 0 Å². The van der Waals surface area contributed by atoms with E-state index in [-0.39, 0.29) is 17.4 Å². The van der Waals surface area contributed by atoms with E-state index in [1.165, 1.54) is 35.5 Å². The van der Waals surface area contributed by atoms with Gasteiger partial charge in [-0.05, 0) is 60.7 Å². The maximum atomic E-state index is 13.3. The average molecular weight is 532 g/mol. The topological polar surface area (TPSA) is 88.1 Å². The Morgan fingerprint density at radius 2 is 1.51 bits per heavy atom. The van der Waals surface area contributed by atoms with Gasteiger partial charge in [0.15, 0.2) is 5.82 Å². The summed E-state index contributed by atoms with van der Waals surface area (Å²) in [7, 11) is 0. The smallest absolute Gasteiger partial charge is 0.339 e. The van der Waals surface area contributed by atoms with Crippen LogP contribution < -0.4 is 5.32 Å². The molecule has 1 aliphatic rings. The highest BCUT2D eigenvalue weighted by atomic mass is 19.4. The van der Waals surface area contributed by atoms with E-state index in [0.29, 0.717) is 48.7 Å². The molecule has 0 aliphatic carbocycles. The molecule has 198 valence electrons. The van der Waals surface area contributed by atoms with E-state index >= 15 is 0 Å². The minimum atomic E-state index is -4.59. The Labute approximate surface area is 222 Å². The Balaban J connectivity index is 1.17. The normalized spacial score (nSPS) is 14.2. The number of nitrogens with one attached hydrogen (secondary N) is 1. The minimum Gasteiger partial charge on any atom is -0.339 e. The number of anilines is 1. The number of nitrogens with zero attached hydrogens (tertiary/aromatic N) is 4. The molecule has 10 heteroatoms. The predicted octanol–water partition coefficient (Wildman–Crippen LogP) is 5.83. The molecule has 7 nitrogen and oxygen atoms in total. The number of benzene rings is 2. The highest BCUT2D eigenvalue weighted by Crippen LogP contribution is 2.34. The first-order chi connectivity index (χ1) is 18.8. The van der Waals surface area contributed by atoms with E-state index in [2.05, 4.69) is 20.3 Å². The largest absolute Gasteiger partial charge is 0.417 e. The average Bonchev–Trinajstić information content (AvgIpc) is 2.97. The Hall–Kier alpha value is -4.60. The molecule has 1 N–H and O–H groups in total. The third-order valence-electron chi connectivity index (χ3n) is 6.69. The van der Waals surface area contributed by atoms with Crippen LogP contribution in [0.15, 0.2) is 85.3 Å². The Morgan fingerprint density at radius 3 is 2.15 bits per heavy atom. The van der Waals surface area contributed by atoms with Crippen LogP contribution in [-0.4, -0.2) is 44.8 Å². The zero-order valence-corrected chi connectivity index (χ0v) is 20.7. The number of pyridine rings is 1. The molecule has 0 spiro atoms. The first-order valence-corrected chi connectivity index (χ1v) is 12.4. The van der Waals surface area contributed by atoms with Gasteiger partial charge in [0.25, 0.3) is 11.8 Å². The van der Waals surface area contributed by atoms with E-state index in [1.807, 2.05) is 18.2 Å². The molecule has 39 heavy (non-hydrogen) atoms. The molecule has 1 aliphatic heterocycles. The van der Waals surface area contributed by atoms with E-state index in [4.69, 9.17) is 0 Å². The van der Waals surface area contributed by atoms with Crippen molar-refractivity contribution in [3.8, 4) is 11.5 Å². The fraction of sp³-hybridized carbons (Fsp3) is 0.207. The van der Waals surface area contributed by atoms with E-state index in [0.717, 1.165) is 11.6 Å². The van der Waals surface area contributed by atoms with Crippen LogP contribution in [0.5, 0.6) is 0 Å². The highest BCUT2D eigenvalue weighted by Gasteiger charge is 2.36. The number of likely N-dealkylation sites (tertiary alicyclic amines) is 1. The number of amides is 2. The van der Waals surface area contributed by atoms with Crippen molar-refractivity contribution in [1.82, 2.24) is 19.9 Å². The zero-order chi connectivity index (χ0) is 27.4. The summed E-state index contributed by atoms with van der Waals surface area (Å²) in [5.41, 5.74) is 1.34. The third kappa shape index (κ3) is 5.95. The fourth-order valence-electron chi connectivity index (χ4n) is 4.62. The Morgan fingerprint density at radius 1 is 0.846 bits per heavy atom. The molecule has 1 fully saturated rings. The van der Waals surface area contributed by atoms with Crippen molar-refractivity contribution in [2.45, 2.75) is 24.9 Å². The quantitative estimate of drug-likeness (QED) is 0.350. The second kappa shape index (κ2) is 11.0. The maximum absolute atomic E-state index is 13.3. The summed E-state index contributed by atoms with van der Waals surface area (Å²) in [6.07, 6.45) is 1.21. The van der Waals surface area contributed by atoms with Gasteiger partial charge < -0.3 is 10.2 Å². The second-order valence-electron chi connectivity index (χ2n) is 9.20. The van der Waals surface area contributed by atoms with Crippen LogP contribution in [0.2, 0.25) is 0 Å². The predicted molar refractivity (Wildman–Crippen MR) is 139 cm³/mol. The fourth-order valence-corrected chi connectivity index (χ4v) is 4.62. The van der Waals surface area contributed by atoms with Gasteiger partial charge in [-0.15, -0.1) is 0 Å². The van der Waals surface area contributed by atoms with Crippen LogP contribution in [0.4, 0.5) is 18.9 Å². The van der Waals surface area contributed by atoms with Crippen LogP contribution >= 0.6 is 0 Å². The molecule has 0 atom stereocenters. The summed E-state index contributed by atoms with van der Waals surface area (Å²) in [6.45, 7) is 0.728. The first kappa shape index (κ1) is 26.0. The molecule has 1 saturated heterocycles. The van der Waals surface area contributed by atoms with Gasteiger partial charge in [0, 0.05) is 37.4 Å². The second-order valence-corrected chi connectivity index (χ2v) is 9.20. The van der Waals surface area contributed by atoms with Crippen LogP contribution in [0.3, 0.4) is 0 Å². The monoisotopic (exact) mass is 531 g/mol. The lowest BCUT2D eigenvalue weighted by molar-refractivity contribution is -0.138. The van der Waals surface area contributed by atoms with Crippen LogP contribution in [0, 0.1) is 0 Å². The van der Waals surface area contributed by atoms with Crippen LogP contribution in [0.25, 0.3) is 11.5 Å². The van der Waals surface area contributed by atoms with Crippen molar-refractivity contribution >= 4 is 17.5 Å². The van der Waals surface area contributed by atoms with Gasteiger partial charge >= 0.3 is 6.18 Å². The number of aromatic nitrogens is 3. The maximum Gasteiger partial charge on any atom is 0.417 e. The molecule has 0 bridgehead atoms. The first-order valence-electron chi connectivity index (χ1n) is 12.4. The summed E-state index contributed by atoms with van der Waals surface area (Å²) in [6, 6.07) is 17.7. The van der Waals surface area contributed by atoms with Crippen molar-refractivity contribution in [3.05, 3.63) is 108 Å². The lowest BCUT2D eigenvalue weighted by Crippen LogP contribution is -2.38. The molecule has 2 amide bonds. The summed E-state index contributed by atoms with van der Waals surface area (Å²) in [5, 5.41) is 2.83. The van der Waals surface area contributed by atoms with Crippen molar-refractivity contribution < 1.29 is 22.8 Å². The summed E-state index contributed by atoms with van der Waals surface area (Å²) < 4.78 is 40.0. The van der Waals surface area contributed by atoms with Gasteiger partial charge in [-0.3, -0.25) is 14.6 Å². The molecule has 2 aromatic carbocycles. The summed E-state index contributed by atoms with van der Waals surface area (Å²) >= 11 is 0. The number of halogens is 3. The van der Waals surface area contributed by atoms with Crippen molar-refractivity contribution in [2.24, 2.45) is 0 Å². The minimum absolute atomic E-state index is 0.157. The lowest BCUT2D eigenvalue weighted by atomic mass is 9.89. The molecule has 3 heterocycles. The third-order valence-corrected chi connectivity index (χ3v) is 6.69. The van der Waals surface area contributed by atoms with Gasteiger partial charge in [-0.25, -0.2) is 9.97 Å². The lowest BCUT2D eigenvalue weighted by Gasteiger charge is -2.33. The molecule has 4 aromatic rings. The number of alkyl halides is 3. The van der Waals surface area contributed by atoms with E-state index < -0.39 is 17.6 Å². The molecule has 2 aromatic heterocycles. The van der Waals surface area contributed by atoms with Gasteiger partial charge in [-0.2, -0.15) is 13.2 Å². The van der Waals surface area contributed by atoms with E-state index in [1.54, 1.807) is 30.5 Å². The molecule has 5 rings (SSSR count). The Kier molecular flexibility index (Phi) is 7.36. The number of carbonyl (C=O) groups is 2. The van der Waals surface area contributed by atoms with Gasteiger partial charge in [0.05, 0.1) is 16.7 Å². The van der Waals surface area contributed by atoms with Gasteiger partial charge in [0.2, 0.25) is 0 Å².